The van der Waals surface area contributed by atoms with Crippen LogP contribution >= 0.6 is 11.3 Å². The largest absolute Gasteiger partial charge is 0.350 e. The molecule has 4 nitrogen and oxygen atoms in total. The Morgan fingerprint density at radius 3 is 2.64 bits per heavy atom. The molecule has 1 unspecified atom stereocenters. The summed E-state index contributed by atoms with van der Waals surface area (Å²) in [5, 5.41) is 4.96. The zero-order chi connectivity index (χ0) is 17.6. The molecule has 1 aromatic heterocycles. The van der Waals surface area contributed by atoms with Gasteiger partial charge < -0.3 is 10.2 Å². The molecule has 0 aliphatic carbocycles. The van der Waals surface area contributed by atoms with Crippen molar-refractivity contribution in [3.8, 4) is 0 Å². The lowest BCUT2D eigenvalue weighted by molar-refractivity contribution is -0.138. The molecular formula is C20H24N2O2S. The van der Waals surface area contributed by atoms with Crippen LogP contribution in [0.25, 0.3) is 0 Å². The van der Waals surface area contributed by atoms with Gasteiger partial charge in [0.25, 0.3) is 0 Å². The molecule has 0 saturated carbocycles. The molecule has 0 radical (unpaired) electrons. The predicted molar refractivity (Wildman–Crippen MR) is 100 cm³/mol. The van der Waals surface area contributed by atoms with Crippen molar-refractivity contribution >= 4 is 23.2 Å². The summed E-state index contributed by atoms with van der Waals surface area (Å²) in [6.07, 6.45) is 3.03. The van der Waals surface area contributed by atoms with Gasteiger partial charge in [-0.15, -0.1) is 11.3 Å². The molecule has 1 fully saturated rings. The third-order valence-corrected chi connectivity index (χ3v) is 5.56. The Morgan fingerprint density at radius 1 is 1.20 bits per heavy atom. The standard InChI is InChI=1S/C20H24N2O2S/c1-2-15-7-9-16(10-8-15)14-21-20(24)18-6-3-11-22(18)19(23)13-17-5-4-12-25-17/h4-5,7-10,12,18H,2-3,6,11,13-14H2,1H3,(H,21,24). The molecular weight excluding hydrogens is 332 g/mol. The predicted octanol–water partition coefficient (Wildman–Crippen LogP) is 3.16. The number of rotatable bonds is 6. The van der Waals surface area contributed by atoms with Gasteiger partial charge in [0.1, 0.15) is 6.04 Å². The van der Waals surface area contributed by atoms with Gasteiger partial charge in [0.05, 0.1) is 6.42 Å². The third kappa shape index (κ3) is 4.48. The van der Waals surface area contributed by atoms with Crippen LogP contribution in [0.1, 0.15) is 35.8 Å². The molecule has 1 N–H and O–H groups in total. The first-order chi connectivity index (χ1) is 12.2. The average Bonchev–Trinajstić information content (AvgIpc) is 3.31. The topological polar surface area (TPSA) is 49.4 Å². The van der Waals surface area contributed by atoms with E-state index >= 15 is 0 Å². The first-order valence-corrected chi connectivity index (χ1v) is 9.72. The summed E-state index contributed by atoms with van der Waals surface area (Å²) in [4.78, 5) is 27.9. The minimum atomic E-state index is -0.331. The first-order valence-electron chi connectivity index (χ1n) is 8.84. The van der Waals surface area contributed by atoms with Crippen LogP contribution in [-0.2, 0) is 29.0 Å². The van der Waals surface area contributed by atoms with E-state index in [1.54, 1.807) is 16.2 Å². The summed E-state index contributed by atoms with van der Waals surface area (Å²) < 4.78 is 0. The number of aryl methyl sites for hydroxylation is 1. The maximum atomic E-state index is 12.6. The van der Waals surface area contributed by atoms with Crippen LogP contribution in [0.15, 0.2) is 41.8 Å². The molecule has 1 aliphatic rings. The zero-order valence-corrected chi connectivity index (χ0v) is 15.3. The first kappa shape index (κ1) is 17.7. The van der Waals surface area contributed by atoms with E-state index in [1.807, 2.05) is 29.6 Å². The van der Waals surface area contributed by atoms with E-state index < -0.39 is 0 Å². The van der Waals surface area contributed by atoms with E-state index in [-0.39, 0.29) is 17.9 Å². The van der Waals surface area contributed by atoms with Gasteiger partial charge in [0.2, 0.25) is 11.8 Å². The van der Waals surface area contributed by atoms with Gasteiger partial charge in [-0.05, 0) is 41.8 Å². The van der Waals surface area contributed by atoms with Crippen LogP contribution in [0.3, 0.4) is 0 Å². The number of hydrogen-bond acceptors (Lipinski definition) is 3. The van der Waals surface area contributed by atoms with E-state index in [4.69, 9.17) is 0 Å². The number of amides is 2. The molecule has 3 rings (SSSR count). The summed E-state index contributed by atoms with van der Waals surface area (Å²) >= 11 is 1.58. The second kappa shape index (κ2) is 8.30. The van der Waals surface area contributed by atoms with Gasteiger partial charge in [0.15, 0.2) is 0 Å². The lowest BCUT2D eigenvalue weighted by Crippen LogP contribution is -2.46. The van der Waals surface area contributed by atoms with Crippen molar-refractivity contribution in [3.05, 3.63) is 57.8 Å². The summed E-state index contributed by atoms with van der Waals surface area (Å²) in [6, 6.07) is 11.9. The zero-order valence-electron chi connectivity index (χ0n) is 14.5. The minimum Gasteiger partial charge on any atom is -0.350 e. The Morgan fingerprint density at radius 2 is 1.96 bits per heavy atom. The highest BCUT2D eigenvalue weighted by molar-refractivity contribution is 7.10. The second-order valence-corrected chi connectivity index (χ2v) is 7.42. The minimum absolute atomic E-state index is 0.0448. The number of benzene rings is 1. The number of nitrogens with zero attached hydrogens (tertiary/aromatic N) is 1. The van der Waals surface area contributed by atoms with E-state index in [9.17, 15) is 9.59 Å². The van der Waals surface area contributed by atoms with E-state index in [2.05, 4.69) is 24.4 Å². The monoisotopic (exact) mass is 356 g/mol. The molecule has 2 aromatic rings. The molecule has 0 spiro atoms. The van der Waals surface area contributed by atoms with Crippen molar-refractivity contribution in [2.45, 2.75) is 45.2 Å². The number of nitrogens with one attached hydrogen (secondary N) is 1. The number of thiophene rings is 1. The van der Waals surface area contributed by atoms with E-state index in [1.165, 1.54) is 5.56 Å². The fourth-order valence-corrected chi connectivity index (χ4v) is 3.90. The highest BCUT2D eigenvalue weighted by Crippen LogP contribution is 2.20. The number of likely N-dealkylation sites (tertiary alicyclic amines) is 1. The van der Waals surface area contributed by atoms with Gasteiger partial charge in [-0.3, -0.25) is 9.59 Å². The molecule has 132 valence electrons. The second-order valence-electron chi connectivity index (χ2n) is 6.39. The van der Waals surface area contributed by atoms with E-state index in [0.717, 1.165) is 29.7 Å². The fourth-order valence-electron chi connectivity index (χ4n) is 3.20. The fraction of sp³-hybridized carbons (Fsp3) is 0.400. The van der Waals surface area contributed by atoms with E-state index in [0.29, 0.717) is 19.5 Å². The Hall–Kier alpha value is -2.14. The molecule has 1 saturated heterocycles. The Balaban J connectivity index is 1.55. The maximum Gasteiger partial charge on any atom is 0.243 e. The van der Waals surface area contributed by atoms with Crippen molar-refractivity contribution < 1.29 is 9.59 Å². The summed E-state index contributed by atoms with van der Waals surface area (Å²) in [5.41, 5.74) is 2.37. The maximum absolute atomic E-state index is 12.6. The summed E-state index contributed by atoms with van der Waals surface area (Å²) in [6.45, 7) is 3.30. The van der Waals surface area contributed by atoms with Crippen LogP contribution < -0.4 is 5.32 Å². The van der Waals surface area contributed by atoms with Gasteiger partial charge in [-0.25, -0.2) is 0 Å². The quantitative estimate of drug-likeness (QED) is 0.864. The van der Waals surface area contributed by atoms with Crippen molar-refractivity contribution in [2.24, 2.45) is 0 Å². The Bertz CT molecular complexity index is 710. The van der Waals surface area contributed by atoms with Crippen molar-refractivity contribution in [1.82, 2.24) is 10.2 Å². The van der Waals surface area contributed by atoms with Crippen LogP contribution in [0, 0.1) is 0 Å². The molecule has 2 heterocycles. The number of hydrogen-bond donors (Lipinski definition) is 1. The number of carbonyl (C=O) groups excluding carboxylic acids is 2. The van der Waals surface area contributed by atoms with Gasteiger partial charge in [0, 0.05) is 18.0 Å². The summed E-state index contributed by atoms with van der Waals surface area (Å²) in [5.74, 6) is 0.00370. The molecule has 1 atom stereocenters. The lowest BCUT2D eigenvalue weighted by Gasteiger charge is -2.24. The van der Waals surface area contributed by atoms with Crippen molar-refractivity contribution in [1.29, 1.82) is 0 Å². The Kier molecular flexibility index (Phi) is 5.87. The SMILES string of the molecule is CCc1ccc(CNC(=O)C2CCCN2C(=O)Cc2cccs2)cc1. The van der Waals surface area contributed by atoms with Crippen LogP contribution in [-0.4, -0.2) is 29.3 Å². The van der Waals surface area contributed by atoms with Crippen molar-refractivity contribution in [2.75, 3.05) is 6.54 Å². The average molecular weight is 356 g/mol. The number of carbonyl (C=O) groups is 2. The highest BCUT2D eigenvalue weighted by Gasteiger charge is 2.33. The lowest BCUT2D eigenvalue weighted by atomic mass is 10.1. The molecule has 0 bridgehead atoms. The summed E-state index contributed by atoms with van der Waals surface area (Å²) in [7, 11) is 0. The molecule has 2 amide bonds. The molecule has 5 heteroatoms. The van der Waals surface area contributed by atoms with Gasteiger partial charge in [-0.1, -0.05) is 37.3 Å². The molecule has 1 aromatic carbocycles. The normalized spacial score (nSPS) is 16.8. The highest BCUT2D eigenvalue weighted by atomic mass is 32.1. The van der Waals surface area contributed by atoms with Gasteiger partial charge in [-0.2, -0.15) is 0 Å². The van der Waals surface area contributed by atoms with Crippen LogP contribution in [0.4, 0.5) is 0 Å². The van der Waals surface area contributed by atoms with Crippen molar-refractivity contribution in [3.63, 3.8) is 0 Å². The molecule has 25 heavy (non-hydrogen) atoms. The molecule has 1 aliphatic heterocycles. The Labute approximate surface area is 152 Å². The van der Waals surface area contributed by atoms with Gasteiger partial charge >= 0.3 is 0 Å². The van der Waals surface area contributed by atoms with Crippen LogP contribution in [0.5, 0.6) is 0 Å². The third-order valence-electron chi connectivity index (χ3n) is 4.68. The smallest absolute Gasteiger partial charge is 0.243 e. The van der Waals surface area contributed by atoms with Crippen LogP contribution in [0.2, 0.25) is 0 Å².